The molecule has 1 heterocycles. The molecule has 8 heteroatoms. The second kappa shape index (κ2) is 8.01. The average molecular weight is 369 g/mol. The van der Waals surface area contributed by atoms with Crippen LogP contribution in [0.4, 0.5) is 0 Å². The van der Waals surface area contributed by atoms with Crippen LogP contribution in [0.25, 0.3) is 5.69 Å². The van der Waals surface area contributed by atoms with E-state index >= 15 is 0 Å². The third-order valence-electron chi connectivity index (χ3n) is 3.75. The summed E-state index contributed by atoms with van der Waals surface area (Å²) < 4.78 is 6.79. The quantitative estimate of drug-likeness (QED) is 0.622. The van der Waals surface area contributed by atoms with Gasteiger partial charge in [0.25, 0.3) is 0 Å². The molecule has 26 heavy (non-hydrogen) atoms. The van der Waals surface area contributed by atoms with Crippen molar-refractivity contribution in [1.29, 1.82) is 0 Å². The van der Waals surface area contributed by atoms with Gasteiger partial charge in [-0.05, 0) is 40.3 Å². The van der Waals surface area contributed by atoms with Crippen LogP contribution in [-0.4, -0.2) is 52.2 Å². The number of carbonyl (C=O) groups excluding carboxylic acids is 1. The summed E-state index contributed by atoms with van der Waals surface area (Å²) in [6.45, 7) is 0. The molecule has 1 atom stereocenters. The smallest absolute Gasteiger partial charge is 0.240 e. The standard InChI is InChI=1S/C18H19N5O2S/c1-22(2)17(24)16(13-7-5-4-6-8-13)26-18-19-20-21-23(18)14-9-11-15(25-3)12-10-14/h4-12,16H,1-3H3/t16-/m1/s1. The number of likely N-dealkylation sites (N-methyl/N-ethyl adjacent to an activating group) is 1. The van der Waals surface area contributed by atoms with E-state index in [4.69, 9.17) is 4.74 Å². The third kappa shape index (κ3) is 3.85. The molecule has 0 saturated heterocycles. The number of benzene rings is 2. The minimum atomic E-state index is -0.436. The van der Waals surface area contributed by atoms with E-state index < -0.39 is 5.25 Å². The van der Waals surface area contributed by atoms with Gasteiger partial charge in [-0.2, -0.15) is 4.68 Å². The summed E-state index contributed by atoms with van der Waals surface area (Å²) in [6, 6.07) is 17.0. The Morgan fingerprint density at radius 1 is 1.12 bits per heavy atom. The van der Waals surface area contributed by atoms with E-state index in [0.717, 1.165) is 17.0 Å². The number of thioether (sulfide) groups is 1. The molecule has 1 aromatic heterocycles. The molecule has 0 unspecified atom stereocenters. The molecule has 0 aliphatic heterocycles. The van der Waals surface area contributed by atoms with Crippen molar-refractivity contribution in [1.82, 2.24) is 25.1 Å². The maximum atomic E-state index is 12.7. The number of methoxy groups -OCH3 is 1. The topological polar surface area (TPSA) is 73.1 Å². The summed E-state index contributed by atoms with van der Waals surface area (Å²) in [7, 11) is 5.10. The van der Waals surface area contributed by atoms with Gasteiger partial charge in [0.15, 0.2) is 0 Å². The molecule has 1 amide bonds. The molecule has 0 radical (unpaired) electrons. The zero-order valence-electron chi connectivity index (χ0n) is 14.7. The van der Waals surface area contributed by atoms with Gasteiger partial charge in [-0.15, -0.1) is 5.10 Å². The lowest BCUT2D eigenvalue weighted by molar-refractivity contribution is -0.128. The highest BCUT2D eigenvalue weighted by molar-refractivity contribution is 8.00. The van der Waals surface area contributed by atoms with Crippen LogP contribution in [0.15, 0.2) is 59.8 Å². The Morgan fingerprint density at radius 3 is 2.42 bits per heavy atom. The number of amides is 1. The van der Waals surface area contributed by atoms with Crippen LogP contribution in [0.1, 0.15) is 10.8 Å². The molecular weight excluding hydrogens is 350 g/mol. The predicted molar refractivity (Wildman–Crippen MR) is 99.4 cm³/mol. The van der Waals surface area contributed by atoms with Crippen molar-refractivity contribution in [2.45, 2.75) is 10.4 Å². The van der Waals surface area contributed by atoms with Crippen molar-refractivity contribution >= 4 is 17.7 Å². The largest absolute Gasteiger partial charge is 0.497 e. The van der Waals surface area contributed by atoms with E-state index in [1.54, 1.807) is 30.8 Å². The molecule has 0 saturated carbocycles. The molecule has 3 rings (SSSR count). The van der Waals surface area contributed by atoms with E-state index in [1.807, 2.05) is 54.6 Å². The lowest BCUT2D eigenvalue weighted by atomic mass is 10.1. The summed E-state index contributed by atoms with van der Waals surface area (Å²) >= 11 is 1.32. The van der Waals surface area contributed by atoms with Crippen LogP contribution in [0.5, 0.6) is 5.75 Å². The Hall–Kier alpha value is -2.87. The van der Waals surface area contributed by atoms with Gasteiger partial charge in [0, 0.05) is 14.1 Å². The summed E-state index contributed by atoms with van der Waals surface area (Å²) in [6.07, 6.45) is 0. The molecular formula is C18H19N5O2S. The average Bonchev–Trinajstić information content (AvgIpc) is 3.14. The molecule has 0 bridgehead atoms. The molecule has 0 aliphatic rings. The Bertz CT molecular complexity index is 865. The maximum Gasteiger partial charge on any atom is 0.240 e. The lowest BCUT2D eigenvalue weighted by Gasteiger charge is -2.20. The summed E-state index contributed by atoms with van der Waals surface area (Å²) in [5.74, 6) is 0.728. The van der Waals surface area contributed by atoms with Gasteiger partial charge in [-0.3, -0.25) is 4.79 Å². The van der Waals surface area contributed by atoms with Crippen LogP contribution >= 0.6 is 11.8 Å². The number of carbonyl (C=O) groups is 1. The Labute approximate surface area is 156 Å². The Morgan fingerprint density at radius 2 is 1.81 bits per heavy atom. The van der Waals surface area contributed by atoms with Crippen molar-refractivity contribution in [2.75, 3.05) is 21.2 Å². The fourth-order valence-electron chi connectivity index (χ4n) is 2.37. The highest BCUT2D eigenvalue weighted by atomic mass is 32.2. The van der Waals surface area contributed by atoms with Gasteiger partial charge in [0.2, 0.25) is 11.1 Å². The van der Waals surface area contributed by atoms with Crippen molar-refractivity contribution < 1.29 is 9.53 Å². The monoisotopic (exact) mass is 369 g/mol. The fourth-order valence-corrected chi connectivity index (χ4v) is 3.51. The molecule has 7 nitrogen and oxygen atoms in total. The first kappa shape index (κ1) is 17.9. The van der Waals surface area contributed by atoms with Crippen molar-refractivity contribution in [3.8, 4) is 11.4 Å². The summed E-state index contributed by atoms with van der Waals surface area (Å²) in [5.41, 5.74) is 1.70. The lowest BCUT2D eigenvalue weighted by Crippen LogP contribution is -2.27. The van der Waals surface area contributed by atoms with E-state index in [9.17, 15) is 4.79 Å². The van der Waals surface area contributed by atoms with E-state index in [2.05, 4.69) is 15.5 Å². The fraction of sp³-hybridized carbons (Fsp3) is 0.222. The minimum absolute atomic E-state index is 0.0227. The van der Waals surface area contributed by atoms with Crippen molar-refractivity contribution in [3.63, 3.8) is 0 Å². The first-order valence-electron chi connectivity index (χ1n) is 7.95. The van der Waals surface area contributed by atoms with Gasteiger partial charge in [-0.25, -0.2) is 0 Å². The van der Waals surface area contributed by atoms with Gasteiger partial charge < -0.3 is 9.64 Å². The number of ether oxygens (including phenoxy) is 1. The SMILES string of the molecule is COc1ccc(-n2nnnc2S[C@@H](C(=O)N(C)C)c2ccccc2)cc1. The van der Waals surface area contributed by atoms with Crippen LogP contribution in [0.2, 0.25) is 0 Å². The predicted octanol–water partition coefficient (Wildman–Crippen LogP) is 2.59. The number of aromatic nitrogens is 4. The molecule has 134 valence electrons. The Balaban J connectivity index is 1.93. The van der Waals surface area contributed by atoms with E-state index in [1.165, 1.54) is 11.8 Å². The van der Waals surface area contributed by atoms with Crippen LogP contribution < -0.4 is 4.74 Å². The second-order valence-electron chi connectivity index (χ2n) is 5.71. The van der Waals surface area contributed by atoms with Gasteiger partial charge >= 0.3 is 0 Å². The zero-order chi connectivity index (χ0) is 18.5. The highest BCUT2D eigenvalue weighted by Gasteiger charge is 2.26. The molecule has 0 fully saturated rings. The molecule has 3 aromatic rings. The number of hydrogen-bond donors (Lipinski definition) is 0. The second-order valence-corrected chi connectivity index (χ2v) is 6.78. The number of nitrogens with zero attached hydrogens (tertiary/aromatic N) is 5. The van der Waals surface area contributed by atoms with Crippen molar-refractivity contribution in [2.24, 2.45) is 0 Å². The van der Waals surface area contributed by atoms with Gasteiger partial charge in [0.05, 0.1) is 12.8 Å². The first-order chi connectivity index (χ1) is 12.6. The molecule has 0 spiro atoms. The first-order valence-corrected chi connectivity index (χ1v) is 8.83. The van der Waals surface area contributed by atoms with Crippen molar-refractivity contribution in [3.05, 3.63) is 60.2 Å². The van der Waals surface area contributed by atoms with E-state index in [-0.39, 0.29) is 5.91 Å². The highest BCUT2D eigenvalue weighted by Crippen LogP contribution is 2.35. The van der Waals surface area contributed by atoms with Crippen LogP contribution in [-0.2, 0) is 4.79 Å². The van der Waals surface area contributed by atoms with Gasteiger partial charge in [-0.1, -0.05) is 42.1 Å². The van der Waals surface area contributed by atoms with Gasteiger partial charge in [0.1, 0.15) is 11.0 Å². The summed E-state index contributed by atoms with van der Waals surface area (Å²) in [4.78, 5) is 14.3. The number of hydrogen-bond acceptors (Lipinski definition) is 6. The third-order valence-corrected chi connectivity index (χ3v) is 4.92. The normalized spacial score (nSPS) is 11.8. The molecule has 0 aliphatic carbocycles. The number of tetrazole rings is 1. The van der Waals surface area contributed by atoms with E-state index in [0.29, 0.717) is 5.16 Å². The molecule has 0 N–H and O–H groups in total. The Kier molecular flexibility index (Phi) is 5.52. The maximum absolute atomic E-state index is 12.7. The zero-order valence-corrected chi connectivity index (χ0v) is 15.6. The summed E-state index contributed by atoms with van der Waals surface area (Å²) in [5, 5.41) is 12.0. The number of rotatable bonds is 6. The van der Waals surface area contributed by atoms with Crippen LogP contribution in [0.3, 0.4) is 0 Å². The van der Waals surface area contributed by atoms with Crippen LogP contribution in [0, 0.1) is 0 Å². The minimum Gasteiger partial charge on any atom is -0.497 e. The molecule has 2 aromatic carbocycles.